The molecule has 0 amide bonds. The maximum absolute atomic E-state index is 6.31. The predicted octanol–water partition coefficient (Wildman–Crippen LogP) is 10.0. The summed E-state index contributed by atoms with van der Waals surface area (Å²) >= 11 is 0. The maximum Gasteiger partial charge on any atom is 0.168 e. The molecule has 9 rings (SSSR count). The van der Waals surface area contributed by atoms with Crippen molar-refractivity contribution in [2.75, 3.05) is 0 Å². The van der Waals surface area contributed by atoms with Gasteiger partial charge in [0.1, 0.15) is 5.58 Å². The minimum Gasteiger partial charge on any atom is -0.501 e. The van der Waals surface area contributed by atoms with Crippen LogP contribution in [0.5, 0.6) is 0 Å². The van der Waals surface area contributed by atoms with Crippen LogP contribution in [0, 0.1) is 12.1 Å². The minimum atomic E-state index is 0. The van der Waals surface area contributed by atoms with Crippen molar-refractivity contribution in [2.24, 2.45) is 0 Å². The van der Waals surface area contributed by atoms with Crippen LogP contribution in [0.15, 0.2) is 162 Å². The van der Waals surface area contributed by atoms with Crippen LogP contribution in [0.3, 0.4) is 0 Å². The Bertz CT molecular complexity index is 2370. The van der Waals surface area contributed by atoms with Gasteiger partial charge in [0.15, 0.2) is 5.65 Å². The zero-order valence-electron chi connectivity index (χ0n) is 25.0. The zero-order chi connectivity index (χ0) is 30.7. The van der Waals surface area contributed by atoms with E-state index in [0.29, 0.717) is 5.65 Å². The van der Waals surface area contributed by atoms with Crippen LogP contribution in [-0.4, -0.2) is 19.5 Å². The number of aromatic nitrogens is 4. The van der Waals surface area contributed by atoms with Crippen LogP contribution < -0.4 is 0 Å². The summed E-state index contributed by atoms with van der Waals surface area (Å²) in [6.45, 7) is 0. The molecule has 4 heterocycles. The molecule has 0 saturated heterocycles. The van der Waals surface area contributed by atoms with E-state index in [1.165, 1.54) is 0 Å². The molecule has 0 spiro atoms. The van der Waals surface area contributed by atoms with Crippen molar-refractivity contribution in [2.45, 2.75) is 0 Å². The van der Waals surface area contributed by atoms with E-state index in [4.69, 9.17) is 14.4 Å². The largest absolute Gasteiger partial charge is 0.501 e. The predicted molar refractivity (Wildman–Crippen MR) is 184 cm³/mol. The number of para-hydroxylation sites is 2. The Morgan fingerprint density at radius 2 is 1.34 bits per heavy atom. The quantitative estimate of drug-likeness (QED) is 0.167. The first-order chi connectivity index (χ1) is 22.8. The van der Waals surface area contributed by atoms with Crippen molar-refractivity contribution in [3.8, 4) is 39.6 Å². The third-order valence-corrected chi connectivity index (χ3v) is 7.82. The number of hydrogen-bond acceptors (Lipinski definition) is 4. The van der Waals surface area contributed by atoms with Gasteiger partial charge in [0, 0.05) is 42.9 Å². The monoisotopic (exact) mass is 783 g/mol. The molecule has 5 nitrogen and oxygen atoms in total. The molecule has 0 aliphatic rings. The molecule has 0 unspecified atom stereocenters. The van der Waals surface area contributed by atoms with E-state index in [2.05, 4.69) is 58.1 Å². The fraction of sp³-hybridized carbons (Fsp3) is 0. The first-order valence-corrected chi connectivity index (χ1v) is 15.0. The molecule has 0 fully saturated rings. The average molecular weight is 783 g/mol. The Kier molecular flexibility index (Phi) is 8.52. The molecule has 227 valence electrons. The number of pyridine rings is 2. The van der Waals surface area contributed by atoms with Gasteiger partial charge in [0.2, 0.25) is 0 Å². The third kappa shape index (κ3) is 5.88. The third-order valence-electron chi connectivity index (χ3n) is 7.82. The molecule has 0 N–H and O–H groups in total. The molecule has 47 heavy (non-hydrogen) atoms. The molecule has 0 aliphatic carbocycles. The molecule has 0 aliphatic heterocycles. The first kappa shape index (κ1) is 30.0. The van der Waals surface area contributed by atoms with Gasteiger partial charge in [-0.05, 0) is 42.1 Å². The van der Waals surface area contributed by atoms with Crippen LogP contribution in [0.25, 0.3) is 72.7 Å². The summed E-state index contributed by atoms with van der Waals surface area (Å²) in [5.41, 5.74) is 9.03. The number of imidazole rings is 1. The summed E-state index contributed by atoms with van der Waals surface area (Å²) in [5, 5.41) is 2.13. The van der Waals surface area contributed by atoms with Gasteiger partial charge in [-0.3, -0.25) is 4.98 Å². The number of rotatable bonds is 4. The SMILES string of the molecule is [Ir].[c-]1ccc2c(oc3ccccc32)c1-c1nc2nc(-c3ccccc3)ccc2n1-c1ccccc1.[c-]1ccccc1-c1ccccn1. The van der Waals surface area contributed by atoms with Crippen molar-refractivity contribution in [1.82, 2.24) is 19.5 Å². The second-order valence-electron chi connectivity index (χ2n) is 10.7. The van der Waals surface area contributed by atoms with Crippen LogP contribution in [0.2, 0.25) is 0 Å². The summed E-state index contributed by atoms with van der Waals surface area (Å²) in [7, 11) is 0. The number of hydrogen-bond donors (Lipinski definition) is 0. The van der Waals surface area contributed by atoms with Crippen molar-refractivity contribution >= 4 is 33.1 Å². The molecule has 1 radical (unpaired) electrons. The summed E-state index contributed by atoms with van der Waals surface area (Å²) < 4.78 is 8.45. The van der Waals surface area contributed by atoms with E-state index >= 15 is 0 Å². The van der Waals surface area contributed by atoms with Crippen LogP contribution in [0.1, 0.15) is 0 Å². The Morgan fingerprint density at radius 1 is 0.574 bits per heavy atom. The van der Waals surface area contributed by atoms with Crippen LogP contribution >= 0.6 is 0 Å². The normalized spacial score (nSPS) is 10.8. The van der Waals surface area contributed by atoms with Crippen molar-refractivity contribution < 1.29 is 24.5 Å². The summed E-state index contributed by atoms with van der Waals surface area (Å²) in [4.78, 5) is 14.2. The second kappa shape index (κ2) is 13.4. The van der Waals surface area contributed by atoms with Gasteiger partial charge in [-0.1, -0.05) is 89.8 Å². The van der Waals surface area contributed by atoms with Gasteiger partial charge in [-0.25, -0.2) is 4.98 Å². The van der Waals surface area contributed by atoms with E-state index in [1.54, 1.807) is 6.20 Å². The van der Waals surface area contributed by atoms with E-state index in [-0.39, 0.29) is 20.1 Å². The Hall–Kier alpha value is -5.68. The van der Waals surface area contributed by atoms with Crippen LogP contribution in [0.4, 0.5) is 0 Å². The van der Waals surface area contributed by atoms with Gasteiger partial charge in [-0.2, -0.15) is 0 Å². The van der Waals surface area contributed by atoms with Crippen molar-refractivity contribution in [3.63, 3.8) is 0 Å². The number of nitrogens with zero attached hydrogens (tertiary/aromatic N) is 4. The van der Waals surface area contributed by atoms with E-state index in [9.17, 15) is 0 Å². The molecule has 4 aromatic heterocycles. The number of fused-ring (bicyclic) bond motifs is 4. The minimum absolute atomic E-state index is 0. The molecular formula is C41H26IrN4O-2. The number of benzene rings is 5. The van der Waals surface area contributed by atoms with E-state index in [1.807, 2.05) is 115 Å². The van der Waals surface area contributed by atoms with E-state index in [0.717, 1.165) is 67.0 Å². The topological polar surface area (TPSA) is 56.7 Å². The van der Waals surface area contributed by atoms with Crippen LogP contribution in [-0.2, 0) is 20.1 Å². The smallest absolute Gasteiger partial charge is 0.168 e. The fourth-order valence-corrected chi connectivity index (χ4v) is 5.67. The van der Waals surface area contributed by atoms with Crippen molar-refractivity contribution in [1.29, 1.82) is 0 Å². The van der Waals surface area contributed by atoms with Crippen molar-refractivity contribution in [3.05, 3.63) is 170 Å². The summed E-state index contributed by atoms with van der Waals surface area (Å²) in [6, 6.07) is 56.8. The van der Waals surface area contributed by atoms with Gasteiger partial charge in [-0.15, -0.1) is 54.1 Å². The second-order valence-corrected chi connectivity index (χ2v) is 10.7. The Balaban J connectivity index is 0.000000228. The summed E-state index contributed by atoms with van der Waals surface area (Å²) in [6.07, 6.45) is 1.79. The Morgan fingerprint density at radius 3 is 2.13 bits per heavy atom. The molecule has 5 aromatic carbocycles. The Labute approximate surface area is 285 Å². The molecular weight excluding hydrogens is 757 g/mol. The van der Waals surface area contributed by atoms with Gasteiger partial charge in [0.05, 0.1) is 22.6 Å². The van der Waals surface area contributed by atoms with Gasteiger partial charge in [0.25, 0.3) is 0 Å². The molecule has 0 bridgehead atoms. The van der Waals surface area contributed by atoms with E-state index < -0.39 is 0 Å². The summed E-state index contributed by atoms with van der Waals surface area (Å²) in [5.74, 6) is 0.753. The maximum atomic E-state index is 6.31. The molecule has 0 atom stereocenters. The standard InChI is InChI=1S/C30H18N3O.C11H8N.Ir/c1-3-10-20(11-4-1)25-18-19-26-29(31-25)32-30(33(26)21-12-5-2-6-13-21)24-16-9-15-23-22-14-7-8-17-27(22)34-28(23)24;1-2-6-10(7-3-1)11-8-4-5-9-12-11;/h1-15,17-19H;1-6,8-9H;/q2*-1;. The fourth-order valence-electron chi connectivity index (χ4n) is 5.67. The van der Waals surface area contributed by atoms with Gasteiger partial charge >= 0.3 is 0 Å². The zero-order valence-corrected chi connectivity index (χ0v) is 27.4. The molecule has 6 heteroatoms. The molecule has 9 aromatic rings. The van der Waals surface area contributed by atoms with Gasteiger partial charge < -0.3 is 14.0 Å². The molecule has 0 saturated carbocycles. The first-order valence-electron chi connectivity index (χ1n) is 15.0. The number of furan rings is 1. The average Bonchev–Trinajstić information content (AvgIpc) is 3.72.